The lowest BCUT2D eigenvalue weighted by Crippen LogP contribution is -2.46. The van der Waals surface area contributed by atoms with Gasteiger partial charge in [-0.2, -0.15) is 0 Å². The monoisotopic (exact) mass is 449 g/mol. The highest BCUT2D eigenvalue weighted by molar-refractivity contribution is 5.87. The fraction of sp³-hybridized carbons (Fsp3) is 0.870. The number of nitrogens with zero attached hydrogens (tertiary/aromatic N) is 1. The summed E-state index contributed by atoms with van der Waals surface area (Å²) in [5.74, 6) is 0.0943. The Morgan fingerprint density at radius 2 is 1.52 bits per heavy atom. The van der Waals surface area contributed by atoms with Gasteiger partial charge in [0.15, 0.2) is 0 Å². The van der Waals surface area contributed by atoms with Crippen molar-refractivity contribution in [3.8, 4) is 0 Å². The second-order valence-electron chi connectivity index (χ2n) is 8.06. The number of nitrogens with one attached hydrogen (secondary N) is 1. The van der Waals surface area contributed by atoms with Crippen LogP contribution in [-0.2, 0) is 19.1 Å². The number of alkyl carbamates (subject to hydrolysis) is 1. The minimum Gasteiger partial charge on any atom is -0.467 e. The molecule has 1 rings (SSSR count). The fourth-order valence-electron chi connectivity index (χ4n) is 2.01. The number of carbonyl (C=O) groups is 3. The first-order chi connectivity index (χ1) is 14.4. The van der Waals surface area contributed by atoms with Crippen molar-refractivity contribution in [2.24, 2.45) is 11.7 Å². The van der Waals surface area contributed by atoms with Crippen LogP contribution in [0.1, 0.15) is 88.5 Å². The maximum atomic E-state index is 12.0. The second-order valence-corrected chi connectivity index (χ2v) is 8.06. The highest BCUT2D eigenvalue weighted by Crippen LogP contribution is 2.18. The van der Waals surface area contributed by atoms with E-state index in [0.717, 1.165) is 12.3 Å². The molecule has 3 N–H and O–H groups in total. The molecule has 1 atom stereocenters. The van der Waals surface area contributed by atoms with Gasteiger partial charge in [-0.25, -0.2) is 9.59 Å². The summed E-state index contributed by atoms with van der Waals surface area (Å²) in [6, 6.07) is -0.548. The predicted molar refractivity (Wildman–Crippen MR) is 129 cm³/mol. The molecule has 0 saturated carbocycles. The van der Waals surface area contributed by atoms with E-state index >= 15 is 0 Å². The maximum Gasteiger partial charge on any atom is 0.408 e. The molecule has 0 aliphatic carbocycles. The topological polar surface area (TPSA) is 111 Å². The summed E-state index contributed by atoms with van der Waals surface area (Å²) in [6.07, 6.45) is 1.93. The SMILES string of the molecule is CC.CC(C)C.CCC.CN.COC(=O)C1CCCN1C(=O)CNC(=O)OC(C)(C)C. The Balaban J connectivity index is -0.000000279. The van der Waals surface area contributed by atoms with Gasteiger partial charge < -0.3 is 25.4 Å². The molecule has 8 nitrogen and oxygen atoms in total. The first kappa shape index (κ1) is 36.5. The largest absolute Gasteiger partial charge is 0.467 e. The van der Waals surface area contributed by atoms with E-state index in [1.165, 1.54) is 25.5 Å². The smallest absolute Gasteiger partial charge is 0.408 e. The van der Waals surface area contributed by atoms with Crippen molar-refractivity contribution >= 4 is 18.0 Å². The molecule has 0 aromatic carbocycles. The number of carbonyl (C=O) groups excluding carboxylic acids is 3. The number of likely N-dealkylation sites (tertiary alicyclic amines) is 1. The number of rotatable bonds is 3. The van der Waals surface area contributed by atoms with Gasteiger partial charge in [-0.1, -0.05) is 54.9 Å². The van der Waals surface area contributed by atoms with Gasteiger partial charge in [0.05, 0.1) is 7.11 Å². The lowest BCUT2D eigenvalue weighted by atomic mass is 10.2. The summed E-state index contributed by atoms with van der Waals surface area (Å²) in [4.78, 5) is 36.4. The Morgan fingerprint density at radius 1 is 1.10 bits per heavy atom. The summed E-state index contributed by atoms with van der Waals surface area (Å²) in [7, 11) is 2.79. The third-order valence-electron chi connectivity index (χ3n) is 2.83. The molecule has 1 fully saturated rings. The molecule has 0 radical (unpaired) electrons. The van der Waals surface area contributed by atoms with Gasteiger partial charge in [0, 0.05) is 6.54 Å². The van der Waals surface area contributed by atoms with Crippen LogP contribution in [0.25, 0.3) is 0 Å². The average Bonchev–Trinajstić information content (AvgIpc) is 3.17. The molecule has 31 heavy (non-hydrogen) atoms. The van der Waals surface area contributed by atoms with Crippen molar-refractivity contribution in [1.82, 2.24) is 10.2 Å². The van der Waals surface area contributed by atoms with Crippen molar-refractivity contribution < 1.29 is 23.9 Å². The van der Waals surface area contributed by atoms with E-state index in [9.17, 15) is 14.4 Å². The number of esters is 1. The zero-order valence-corrected chi connectivity index (χ0v) is 22.3. The van der Waals surface area contributed by atoms with Crippen LogP contribution in [0.2, 0.25) is 0 Å². The van der Waals surface area contributed by atoms with Gasteiger partial charge in [-0.15, -0.1) is 0 Å². The summed E-state index contributed by atoms with van der Waals surface area (Å²) < 4.78 is 9.69. The zero-order valence-electron chi connectivity index (χ0n) is 22.3. The van der Waals surface area contributed by atoms with E-state index in [1.807, 2.05) is 13.8 Å². The van der Waals surface area contributed by atoms with Crippen LogP contribution < -0.4 is 11.1 Å². The maximum absolute atomic E-state index is 12.0. The number of ether oxygens (including phenoxy) is 2. The quantitative estimate of drug-likeness (QED) is 0.620. The molecule has 0 aromatic heterocycles. The van der Waals surface area contributed by atoms with Crippen molar-refractivity contribution in [2.45, 2.75) is 100 Å². The molecular weight excluding hydrogens is 398 g/mol. The minimum atomic E-state index is -0.653. The number of nitrogens with two attached hydrogens (primary N) is 1. The highest BCUT2D eigenvalue weighted by atomic mass is 16.6. The summed E-state index contributed by atoms with van der Waals surface area (Å²) in [6.45, 7) is 20.3. The molecule has 1 aliphatic rings. The van der Waals surface area contributed by atoms with Gasteiger partial charge in [-0.3, -0.25) is 4.79 Å². The Labute approximate surface area is 191 Å². The summed E-state index contributed by atoms with van der Waals surface area (Å²) in [5.41, 5.74) is 3.88. The molecule has 8 heteroatoms. The third kappa shape index (κ3) is 24.3. The summed E-state index contributed by atoms with van der Waals surface area (Å²) in [5, 5.41) is 2.39. The molecule has 1 aliphatic heterocycles. The molecule has 0 spiro atoms. The standard InChI is InChI=1S/C13H22N2O5.C4H10.C3H8.C2H6.CH5N/c1-13(2,3)20-12(18)14-8-10(16)15-7-5-6-9(15)11(17)19-4;1-4(2)3;1-3-2;2*1-2/h9H,5-8H2,1-4H3,(H,14,18);4H,1-3H3;3H2,1-2H3;1-2H3;2H2,1H3. The van der Waals surface area contributed by atoms with Gasteiger partial charge in [0.25, 0.3) is 0 Å². The first-order valence-electron chi connectivity index (χ1n) is 11.3. The minimum absolute atomic E-state index is 0.192. The van der Waals surface area contributed by atoms with Crippen molar-refractivity contribution in [1.29, 1.82) is 0 Å². The van der Waals surface area contributed by atoms with Gasteiger partial charge >= 0.3 is 12.1 Å². The van der Waals surface area contributed by atoms with E-state index in [0.29, 0.717) is 13.0 Å². The third-order valence-corrected chi connectivity index (χ3v) is 2.83. The van der Waals surface area contributed by atoms with E-state index in [-0.39, 0.29) is 12.5 Å². The molecule has 2 amide bonds. The molecular formula is C23H51N3O5. The van der Waals surface area contributed by atoms with Crippen LogP contribution in [0.5, 0.6) is 0 Å². The lowest BCUT2D eigenvalue weighted by Gasteiger charge is -2.23. The van der Waals surface area contributed by atoms with Crippen LogP contribution >= 0.6 is 0 Å². The highest BCUT2D eigenvalue weighted by Gasteiger charge is 2.34. The van der Waals surface area contributed by atoms with Crippen LogP contribution in [0.3, 0.4) is 0 Å². The van der Waals surface area contributed by atoms with Crippen molar-refractivity contribution in [3.05, 3.63) is 0 Å². The lowest BCUT2D eigenvalue weighted by molar-refractivity contribution is -0.150. The van der Waals surface area contributed by atoms with Gasteiger partial charge in [0.1, 0.15) is 18.2 Å². The van der Waals surface area contributed by atoms with Crippen LogP contribution in [0.15, 0.2) is 0 Å². The Morgan fingerprint density at radius 3 is 1.87 bits per heavy atom. The predicted octanol–water partition coefficient (Wildman–Crippen LogP) is 4.35. The van der Waals surface area contributed by atoms with E-state index in [1.54, 1.807) is 20.8 Å². The van der Waals surface area contributed by atoms with Crippen LogP contribution in [0.4, 0.5) is 4.79 Å². The Kier molecular flexibility index (Phi) is 26.9. The van der Waals surface area contributed by atoms with Crippen molar-refractivity contribution in [3.63, 3.8) is 0 Å². The Hall–Kier alpha value is -1.83. The van der Waals surface area contributed by atoms with E-state index < -0.39 is 23.7 Å². The van der Waals surface area contributed by atoms with E-state index in [4.69, 9.17) is 4.74 Å². The molecule has 1 heterocycles. The second kappa shape index (κ2) is 22.8. The molecule has 1 saturated heterocycles. The van der Waals surface area contributed by atoms with Crippen LogP contribution in [0, 0.1) is 5.92 Å². The van der Waals surface area contributed by atoms with E-state index in [2.05, 4.69) is 50.4 Å². The molecule has 0 bridgehead atoms. The number of methoxy groups -OCH3 is 1. The molecule has 1 unspecified atom stereocenters. The van der Waals surface area contributed by atoms with Gasteiger partial charge in [0.2, 0.25) is 5.91 Å². The fourth-order valence-corrected chi connectivity index (χ4v) is 2.01. The zero-order chi connectivity index (χ0) is 25.6. The molecule has 0 aromatic rings. The number of hydrogen-bond acceptors (Lipinski definition) is 6. The number of amides is 2. The number of hydrogen-bond donors (Lipinski definition) is 2. The van der Waals surface area contributed by atoms with Crippen LogP contribution in [-0.4, -0.2) is 61.8 Å². The average molecular weight is 450 g/mol. The normalized spacial score (nSPS) is 14.1. The summed E-state index contributed by atoms with van der Waals surface area (Å²) >= 11 is 0. The Bertz CT molecular complexity index is 446. The molecule has 188 valence electrons. The first-order valence-corrected chi connectivity index (χ1v) is 11.3. The van der Waals surface area contributed by atoms with Gasteiger partial charge in [-0.05, 0) is 46.6 Å². The van der Waals surface area contributed by atoms with Crippen molar-refractivity contribution in [2.75, 3.05) is 27.2 Å².